The van der Waals surface area contributed by atoms with Gasteiger partial charge in [0.1, 0.15) is 11.6 Å². The van der Waals surface area contributed by atoms with E-state index in [1.54, 1.807) is 7.05 Å². The smallest absolute Gasteiger partial charge is 0.246 e. The molecule has 1 saturated heterocycles. The molecule has 152 valence electrons. The number of benzene rings is 1. The molecule has 1 fully saturated rings. The maximum Gasteiger partial charge on any atom is 0.246 e. The third-order valence-electron chi connectivity index (χ3n) is 5.43. The van der Waals surface area contributed by atoms with Crippen molar-refractivity contribution in [2.24, 2.45) is 5.92 Å². The predicted octanol–water partition coefficient (Wildman–Crippen LogP) is 3.71. The van der Waals surface area contributed by atoms with Gasteiger partial charge in [0.15, 0.2) is 5.58 Å². The lowest BCUT2D eigenvalue weighted by molar-refractivity contribution is -0.171. The lowest BCUT2D eigenvalue weighted by Gasteiger charge is -2.28. The van der Waals surface area contributed by atoms with Gasteiger partial charge in [-0.2, -0.15) is 0 Å². The van der Waals surface area contributed by atoms with Gasteiger partial charge in [-0.3, -0.25) is 14.4 Å². The minimum atomic E-state index is -0.352. The Bertz CT molecular complexity index is 786. The molecule has 0 bridgehead atoms. The molecule has 28 heavy (non-hydrogen) atoms. The molecule has 0 N–H and O–H groups in total. The zero-order chi connectivity index (χ0) is 20.1. The van der Waals surface area contributed by atoms with Gasteiger partial charge in [0.25, 0.3) is 0 Å². The molecule has 1 aliphatic rings. The molecule has 7 nitrogen and oxygen atoms in total. The van der Waals surface area contributed by atoms with Gasteiger partial charge in [0.05, 0.1) is 7.11 Å². The van der Waals surface area contributed by atoms with Gasteiger partial charge < -0.3 is 9.32 Å². The van der Waals surface area contributed by atoms with Crippen molar-refractivity contribution in [3.8, 4) is 0 Å². The Morgan fingerprint density at radius 1 is 1.39 bits per heavy atom. The van der Waals surface area contributed by atoms with Crippen LogP contribution in [0.3, 0.4) is 0 Å². The lowest BCUT2D eigenvalue weighted by Crippen LogP contribution is -2.38. The summed E-state index contributed by atoms with van der Waals surface area (Å²) in [5.41, 5.74) is 1.53. The first kappa shape index (κ1) is 20.3. The normalized spacial score (nSPS) is 17.8. The highest BCUT2D eigenvalue weighted by molar-refractivity contribution is 5.86. The van der Waals surface area contributed by atoms with E-state index in [-0.39, 0.29) is 30.2 Å². The highest BCUT2D eigenvalue weighted by Crippen LogP contribution is 2.35. The van der Waals surface area contributed by atoms with E-state index in [2.05, 4.69) is 11.9 Å². The van der Waals surface area contributed by atoms with Crippen molar-refractivity contribution < 1.29 is 18.8 Å². The molecule has 2 atom stereocenters. The number of hydroxylamine groups is 2. The molecule has 7 heteroatoms. The van der Waals surface area contributed by atoms with Crippen LogP contribution in [-0.2, 0) is 14.4 Å². The number of likely N-dealkylation sites (tertiary alicyclic amines) is 1. The molecule has 0 unspecified atom stereocenters. The summed E-state index contributed by atoms with van der Waals surface area (Å²) in [5, 5.41) is 1.19. The summed E-state index contributed by atoms with van der Waals surface area (Å²) in [6.45, 7) is 2.75. The van der Waals surface area contributed by atoms with E-state index in [4.69, 9.17) is 9.25 Å². The Morgan fingerprint density at radius 3 is 2.89 bits per heavy atom. The van der Waals surface area contributed by atoms with Crippen LogP contribution in [0.1, 0.15) is 57.4 Å². The van der Waals surface area contributed by atoms with Gasteiger partial charge in [-0.25, -0.2) is 10.0 Å². The fraction of sp³-hybridized carbons (Fsp3) is 0.571. The molecule has 1 aromatic carbocycles. The Kier molecular flexibility index (Phi) is 6.67. The van der Waals surface area contributed by atoms with Crippen LogP contribution in [-0.4, -0.2) is 47.5 Å². The van der Waals surface area contributed by atoms with E-state index in [9.17, 15) is 9.59 Å². The number of carbonyl (C=O) groups is 2. The van der Waals surface area contributed by atoms with Gasteiger partial charge in [0.2, 0.25) is 17.7 Å². The van der Waals surface area contributed by atoms with Gasteiger partial charge in [-0.1, -0.05) is 31.9 Å². The first-order valence-corrected chi connectivity index (χ1v) is 10.0. The number of unbranched alkanes of at least 4 members (excludes halogenated alkanes) is 1. The van der Waals surface area contributed by atoms with Gasteiger partial charge in [-0.05, 0) is 31.4 Å². The highest BCUT2D eigenvalue weighted by Gasteiger charge is 2.37. The molecule has 2 aromatic rings. The van der Waals surface area contributed by atoms with Crippen LogP contribution < -0.4 is 0 Å². The van der Waals surface area contributed by atoms with E-state index in [1.807, 2.05) is 29.2 Å². The molecular weight excluding hydrogens is 358 g/mol. The van der Waals surface area contributed by atoms with E-state index < -0.39 is 0 Å². The van der Waals surface area contributed by atoms with Crippen LogP contribution in [0.25, 0.3) is 11.1 Å². The quantitative estimate of drug-likeness (QED) is 0.646. The highest BCUT2D eigenvalue weighted by atomic mass is 16.7. The summed E-state index contributed by atoms with van der Waals surface area (Å²) >= 11 is 0. The van der Waals surface area contributed by atoms with Gasteiger partial charge in [-0.15, -0.1) is 0 Å². The van der Waals surface area contributed by atoms with Crippen LogP contribution in [0, 0.1) is 5.92 Å². The second-order valence-electron chi connectivity index (χ2n) is 7.33. The second kappa shape index (κ2) is 9.19. The van der Waals surface area contributed by atoms with Crippen molar-refractivity contribution in [2.45, 2.75) is 51.5 Å². The molecule has 2 heterocycles. The zero-order valence-electron chi connectivity index (χ0n) is 16.9. The largest absolute Gasteiger partial charge is 0.438 e. The van der Waals surface area contributed by atoms with Crippen LogP contribution >= 0.6 is 0 Å². The number of aromatic nitrogens is 1. The number of fused-ring (bicyclic) bond motifs is 1. The van der Waals surface area contributed by atoms with E-state index >= 15 is 0 Å². The molecule has 1 aromatic heterocycles. The average Bonchev–Trinajstić information content (AvgIpc) is 3.36. The molecule has 1 aliphatic heterocycles. The molecule has 0 aliphatic carbocycles. The number of hydrogen-bond donors (Lipinski definition) is 0. The van der Waals surface area contributed by atoms with Crippen LogP contribution in [0.2, 0.25) is 0 Å². The minimum Gasteiger partial charge on any atom is -0.438 e. The number of nitrogens with zero attached hydrogens (tertiary/aromatic N) is 3. The molecule has 3 rings (SSSR count). The van der Waals surface area contributed by atoms with E-state index in [1.165, 1.54) is 12.2 Å². The Balaban J connectivity index is 1.78. The number of carbonyl (C=O) groups excluding carboxylic acids is 2. The third kappa shape index (κ3) is 4.35. The summed E-state index contributed by atoms with van der Waals surface area (Å²) in [5.74, 6) is 0.0577. The monoisotopic (exact) mass is 387 g/mol. The number of oxazole rings is 1. The number of para-hydroxylation sites is 2. The SMILES string of the molecule is CCCC[C@H](CC(=O)N(C)OC)C(=O)N1CCC[C@H]1c1nc2ccccc2o1. The molecule has 0 spiro atoms. The fourth-order valence-electron chi connectivity index (χ4n) is 3.76. The predicted molar refractivity (Wildman–Crippen MR) is 105 cm³/mol. The van der Waals surface area contributed by atoms with Crippen molar-refractivity contribution in [3.63, 3.8) is 0 Å². The molecule has 0 saturated carbocycles. The first-order valence-electron chi connectivity index (χ1n) is 10.0. The Morgan fingerprint density at radius 2 is 2.18 bits per heavy atom. The van der Waals surface area contributed by atoms with Crippen LogP contribution in [0.5, 0.6) is 0 Å². The first-order chi connectivity index (χ1) is 13.5. The van der Waals surface area contributed by atoms with Gasteiger partial charge in [0, 0.05) is 25.9 Å². The summed E-state index contributed by atoms with van der Waals surface area (Å²) in [7, 11) is 3.02. The summed E-state index contributed by atoms with van der Waals surface area (Å²) in [4.78, 5) is 37.1. The number of hydrogen-bond acceptors (Lipinski definition) is 5. The van der Waals surface area contributed by atoms with Crippen LogP contribution in [0.4, 0.5) is 0 Å². The maximum atomic E-state index is 13.3. The second-order valence-corrected chi connectivity index (χ2v) is 7.33. The standard InChI is InChI=1S/C21H29N3O4/c1-4-5-9-15(14-19(25)23(2)27-3)21(26)24-13-8-11-17(24)20-22-16-10-6-7-12-18(16)28-20/h6-7,10,12,15,17H,4-5,8-9,11,13-14H2,1-3H3/t15-,17+/m1/s1. The van der Waals surface area contributed by atoms with Gasteiger partial charge >= 0.3 is 0 Å². The number of rotatable bonds is 8. The van der Waals surface area contributed by atoms with Crippen molar-refractivity contribution in [3.05, 3.63) is 30.2 Å². The number of amides is 2. The Hall–Kier alpha value is -2.41. The molecule has 0 radical (unpaired) electrons. The Labute approximate surface area is 165 Å². The topological polar surface area (TPSA) is 75.9 Å². The van der Waals surface area contributed by atoms with Crippen molar-refractivity contribution in [1.82, 2.24) is 14.9 Å². The maximum absolute atomic E-state index is 13.3. The third-order valence-corrected chi connectivity index (χ3v) is 5.43. The van der Waals surface area contributed by atoms with Crippen molar-refractivity contribution in [1.29, 1.82) is 0 Å². The summed E-state index contributed by atoms with van der Waals surface area (Å²) < 4.78 is 5.93. The van der Waals surface area contributed by atoms with E-state index in [0.717, 1.165) is 36.8 Å². The summed E-state index contributed by atoms with van der Waals surface area (Å²) in [6.07, 6.45) is 4.45. The lowest BCUT2D eigenvalue weighted by atomic mass is 9.96. The zero-order valence-corrected chi connectivity index (χ0v) is 16.9. The van der Waals surface area contributed by atoms with Crippen LogP contribution in [0.15, 0.2) is 28.7 Å². The van der Waals surface area contributed by atoms with Crippen molar-refractivity contribution in [2.75, 3.05) is 20.7 Å². The average molecular weight is 387 g/mol. The molecular formula is C21H29N3O4. The molecule has 2 amide bonds. The van der Waals surface area contributed by atoms with Crippen molar-refractivity contribution >= 4 is 22.9 Å². The van der Waals surface area contributed by atoms with E-state index in [0.29, 0.717) is 18.9 Å². The summed E-state index contributed by atoms with van der Waals surface area (Å²) in [6, 6.07) is 7.46. The fourth-order valence-corrected chi connectivity index (χ4v) is 3.76. The minimum absolute atomic E-state index is 0.0102.